The van der Waals surface area contributed by atoms with E-state index in [0.29, 0.717) is 31.6 Å². The summed E-state index contributed by atoms with van der Waals surface area (Å²) in [5.74, 6) is -0.886. The largest absolute Gasteiger partial charge is 0.356 e. The van der Waals surface area contributed by atoms with Gasteiger partial charge in [-0.3, -0.25) is 14.4 Å². The van der Waals surface area contributed by atoms with Crippen LogP contribution >= 0.6 is 0 Å². The lowest BCUT2D eigenvalue weighted by molar-refractivity contribution is -0.126. The summed E-state index contributed by atoms with van der Waals surface area (Å²) in [6.07, 6.45) is 2.24. The minimum atomic E-state index is -0.748. The highest BCUT2D eigenvalue weighted by molar-refractivity contribution is 6.00. The number of amides is 3. The molecule has 4 rings (SSSR count). The van der Waals surface area contributed by atoms with Crippen molar-refractivity contribution < 1.29 is 14.4 Å². The van der Waals surface area contributed by atoms with Crippen molar-refractivity contribution in [3.63, 3.8) is 0 Å². The number of nitriles is 1. The summed E-state index contributed by atoms with van der Waals surface area (Å²) >= 11 is 0. The number of hydrogen-bond acceptors (Lipinski definition) is 4. The van der Waals surface area contributed by atoms with Gasteiger partial charge in [-0.1, -0.05) is 18.2 Å². The molecule has 29 heavy (non-hydrogen) atoms. The van der Waals surface area contributed by atoms with E-state index in [-0.39, 0.29) is 30.1 Å². The number of hydrogen-bond donors (Lipinski definition) is 3. The van der Waals surface area contributed by atoms with Gasteiger partial charge in [0.25, 0.3) is 5.91 Å². The van der Waals surface area contributed by atoms with Crippen LogP contribution < -0.4 is 10.6 Å². The van der Waals surface area contributed by atoms with E-state index in [1.807, 2.05) is 24.3 Å². The zero-order valence-corrected chi connectivity index (χ0v) is 16.0. The second kappa shape index (κ2) is 7.95. The monoisotopic (exact) mass is 393 g/mol. The standard InChI is InChI=1S/C21H23N5O3/c22-12-15(10-14-7-8-23-19(14)27)24-20(28)18-6-3-9-26(18)21(29)17-11-13-4-1-2-5-16(13)25-17/h1-2,4-5,11,14-15,18,25H,3,6-10H2,(H,23,27)(H,24,28)/t14-,15-,18-/m0/s1. The van der Waals surface area contributed by atoms with Crippen molar-refractivity contribution in [1.29, 1.82) is 5.26 Å². The molecule has 2 aromatic rings. The van der Waals surface area contributed by atoms with Crippen molar-refractivity contribution in [2.45, 2.75) is 37.8 Å². The molecule has 0 bridgehead atoms. The SMILES string of the molecule is N#C[C@H](C[C@@H]1CCNC1=O)NC(=O)[C@@H]1CCCN1C(=O)c1cc2ccccc2[nH]1. The topological polar surface area (TPSA) is 118 Å². The van der Waals surface area contributed by atoms with Crippen LogP contribution in [0.15, 0.2) is 30.3 Å². The highest BCUT2D eigenvalue weighted by Crippen LogP contribution is 2.23. The van der Waals surface area contributed by atoms with E-state index in [2.05, 4.69) is 21.7 Å². The molecule has 0 aliphatic carbocycles. The second-order valence-electron chi connectivity index (χ2n) is 7.63. The summed E-state index contributed by atoms with van der Waals surface area (Å²) in [6.45, 7) is 1.10. The third-order valence-electron chi connectivity index (χ3n) is 5.73. The summed E-state index contributed by atoms with van der Waals surface area (Å²) in [6, 6.07) is 10.1. The molecule has 0 saturated carbocycles. The maximum Gasteiger partial charge on any atom is 0.270 e. The van der Waals surface area contributed by atoms with Crippen LogP contribution in [0.5, 0.6) is 0 Å². The number of benzene rings is 1. The van der Waals surface area contributed by atoms with Crippen molar-refractivity contribution in [2.24, 2.45) is 5.92 Å². The Labute approximate surface area is 168 Å². The van der Waals surface area contributed by atoms with E-state index in [9.17, 15) is 19.6 Å². The average molecular weight is 393 g/mol. The molecule has 0 radical (unpaired) electrons. The van der Waals surface area contributed by atoms with Gasteiger partial charge in [-0.05, 0) is 37.8 Å². The Kier molecular flexibility index (Phi) is 5.21. The number of para-hydroxylation sites is 1. The van der Waals surface area contributed by atoms with Crippen LogP contribution in [0.25, 0.3) is 10.9 Å². The van der Waals surface area contributed by atoms with E-state index in [1.165, 1.54) is 0 Å². The first-order valence-electron chi connectivity index (χ1n) is 9.93. The van der Waals surface area contributed by atoms with Crippen molar-refractivity contribution in [2.75, 3.05) is 13.1 Å². The minimum absolute atomic E-state index is 0.0732. The fourth-order valence-electron chi connectivity index (χ4n) is 4.19. The molecule has 2 aliphatic heterocycles. The molecule has 8 heteroatoms. The quantitative estimate of drug-likeness (QED) is 0.710. The molecule has 1 aromatic carbocycles. The number of aromatic amines is 1. The third-order valence-corrected chi connectivity index (χ3v) is 5.73. The first-order valence-corrected chi connectivity index (χ1v) is 9.93. The molecule has 3 atom stereocenters. The lowest BCUT2D eigenvalue weighted by atomic mass is 9.99. The van der Waals surface area contributed by atoms with Crippen molar-refractivity contribution in [3.05, 3.63) is 36.0 Å². The molecular formula is C21H23N5O3. The van der Waals surface area contributed by atoms with Crippen LogP contribution in [-0.4, -0.2) is 52.8 Å². The Balaban J connectivity index is 1.44. The highest BCUT2D eigenvalue weighted by atomic mass is 16.2. The number of nitrogens with zero attached hydrogens (tertiary/aromatic N) is 2. The molecule has 3 heterocycles. The molecule has 0 unspecified atom stereocenters. The smallest absolute Gasteiger partial charge is 0.270 e. The van der Waals surface area contributed by atoms with Crippen molar-refractivity contribution in [3.8, 4) is 6.07 Å². The molecule has 1 aromatic heterocycles. The van der Waals surface area contributed by atoms with E-state index in [0.717, 1.165) is 17.3 Å². The van der Waals surface area contributed by atoms with E-state index in [1.54, 1.807) is 11.0 Å². The van der Waals surface area contributed by atoms with Crippen molar-refractivity contribution >= 4 is 28.6 Å². The molecule has 2 fully saturated rings. The summed E-state index contributed by atoms with van der Waals surface area (Å²) in [5.41, 5.74) is 1.32. The Hall–Kier alpha value is -3.34. The number of rotatable bonds is 5. The zero-order valence-electron chi connectivity index (χ0n) is 16.0. The van der Waals surface area contributed by atoms with Gasteiger partial charge in [-0.2, -0.15) is 5.26 Å². The Morgan fingerprint density at radius 1 is 1.31 bits per heavy atom. The summed E-state index contributed by atoms with van der Waals surface area (Å²) in [7, 11) is 0. The minimum Gasteiger partial charge on any atom is -0.356 e. The maximum absolute atomic E-state index is 13.0. The number of carbonyl (C=O) groups excluding carboxylic acids is 3. The highest BCUT2D eigenvalue weighted by Gasteiger charge is 2.36. The van der Waals surface area contributed by atoms with E-state index >= 15 is 0 Å². The number of likely N-dealkylation sites (tertiary alicyclic amines) is 1. The zero-order chi connectivity index (χ0) is 20.4. The molecular weight excluding hydrogens is 370 g/mol. The molecule has 2 aliphatic rings. The Morgan fingerprint density at radius 3 is 2.86 bits per heavy atom. The van der Waals surface area contributed by atoms with Crippen LogP contribution in [0.3, 0.4) is 0 Å². The van der Waals surface area contributed by atoms with Crippen molar-refractivity contribution in [1.82, 2.24) is 20.5 Å². The van der Waals surface area contributed by atoms with E-state index in [4.69, 9.17) is 0 Å². The fraction of sp³-hybridized carbons (Fsp3) is 0.429. The number of fused-ring (bicyclic) bond motifs is 1. The Bertz CT molecular complexity index is 959. The number of H-pyrrole nitrogens is 1. The second-order valence-corrected chi connectivity index (χ2v) is 7.63. The van der Waals surface area contributed by atoms with Gasteiger partial charge in [-0.15, -0.1) is 0 Å². The van der Waals surface area contributed by atoms with E-state index < -0.39 is 12.1 Å². The first-order chi connectivity index (χ1) is 14.1. The Morgan fingerprint density at radius 2 is 2.14 bits per heavy atom. The molecule has 2 saturated heterocycles. The van der Waals surface area contributed by atoms with Gasteiger partial charge >= 0.3 is 0 Å². The molecule has 3 amide bonds. The van der Waals surface area contributed by atoms with Crippen LogP contribution in [0, 0.1) is 17.2 Å². The van der Waals surface area contributed by atoms with Gasteiger partial charge in [0.15, 0.2) is 0 Å². The normalized spacial score (nSPS) is 22.3. The molecule has 3 N–H and O–H groups in total. The predicted molar refractivity (Wildman–Crippen MR) is 106 cm³/mol. The lowest BCUT2D eigenvalue weighted by Gasteiger charge is -2.25. The van der Waals surface area contributed by atoms with Gasteiger partial charge in [-0.25, -0.2) is 0 Å². The van der Waals surface area contributed by atoms with Crippen LogP contribution in [-0.2, 0) is 9.59 Å². The molecule has 8 nitrogen and oxygen atoms in total. The van der Waals surface area contributed by atoms with Gasteiger partial charge in [0.2, 0.25) is 11.8 Å². The van der Waals surface area contributed by atoms with Gasteiger partial charge in [0, 0.05) is 29.9 Å². The third kappa shape index (κ3) is 3.81. The summed E-state index contributed by atoms with van der Waals surface area (Å²) in [5, 5.41) is 15.8. The predicted octanol–water partition coefficient (Wildman–Crippen LogP) is 1.31. The summed E-state index contributed by atoms with van der Waals surface area (Å²) < 4.78 is 0. The fourth-order valence-corrected chi connectivity index (χ4v) is 4.19. The van der Waals surface area contributed by atoms with Crippen LogP contribution in [0.1, 0.15) is 36.2 Å². The maximum atomic E-state index is 13.0. The number of nitrogens with one attached hydrogen (secondary N) is 3. The van der Waals surface area contributed by atoms with Gasteiger partial charge in [0.1, 0.15) is 17.8 Å². The van der Waals surface area contributed by atoms with Crippen LogP contribution in [0.2, 0.25) is 0 Å². The molecule has 0 spiro atoms. The average Bonchev–Trinajstić information content (AvgIpc) is 3.46. The van der Waals surface area contributed by atoms with Gasteiger partial charge in [0.05, 0.1) is 6.07 Å². The number of carbonyl (C=O) groups is 3. The lowest BCUT2D eigenvalue weighted by Crippen LogP contribution is -2.49. The summed E-state index contributed by atoms with van der Waals surface area (Å²) in [4.78, 5) is 42.3. The van der Waals surface area contributed by atoms with Crippen LogP contribution in [0.4, 0.5) is 0 Å². The first kappa shape index (κ1) is 19.0. The number of aromatic nitrogens is 1. The van der Waals surface area contributed by atoms with Gasteiger partial charge < -0.3 is 20.5 Å². The molecule has 150 valence electrons.